The van der Waals surface area contributed by atoms with Gasteiger partial charge < -0.3 is 10.1 Å². The smallest absolute Gasteiger partial charge is 0.311 e. The molecule has 0 spiro atoms. The zero-order valence-corrected chi connectivity index (χ0v) is 19.2. The maximum Gasteiger partial charge on any atom is 0.311 e. The lowest BCUT2D eigenvalue weighted by Gasteiger charge is -2.09. The number of carbonyl (C=O) groups is 1. The van der Waals surface area contributed by atoms with E-state index >= 15 is 0 Å². The number of hydrogen-bond acceptors (Lipinski definition) is 5. The second-order valence-corrected chi connectivity index (χ2v) is 8.04. The second-order valence-electron chi connectivity index (χ2n) is 8.04. The summed E-state index contributed by atoms with van der Waals surface area (Å²) in [7, 11) is 0. The summed E-state index contributed by atoms with van der Waals surface area (Å²) in [5, 5.41) is 17.7. The number of nitrogens with zero attached hydrogens (tertiary/aromatic N) is 3. The van der Waals surface area contributed by atoms with Crippen molar-refractivity contribution in [3.8, 4) is 5.75 Å². The van der Waals surface area contributed by atoms with Crippen LogP contribution in [-0.4, -0.2) is 20.6 Å². The van der Waals surface area contributed by atoms with Crippen LogP contribution in [0, 0.1) is 40.3 Å². The third kappa shape index (κ3) is 5.74. The van der Waals surface area contributed by atoms with E-state index in [1.165, 1.54) is 36.7 Å². The van der Waals surface area contributed by atoms with Crippen molar-refractivity contribution in [2.24, 2.45) is 0 Å². The molecule has 1 heterocycles. The Kier molecular flexibility index (Phi) is 7.18. The molecule has 190 valence electrons. The number of rotatable bonds is 8. The van der Waals surface area contributed by atoms with Gasteiger partial charge in [0.15, 0.2) is 23.2 Å². The number of ether oxygens (including phenoxy) is 1. The van der Waals surface area contributed by atoms with E-state index in [4.69, 9.17) is 4.74 Å². The molecule has 1 aromatic heterocycles. The van der Waals surface area contributed by atoms with Gasteiger partial charge in [0.2, 0.25) is 0 Å². The fourth-order valence-electron chi connectivity index (χ4n) is 3.48. The summed E-state index contributed by atoms with van der Waals surface area (Å²) in [6.45, 7) is 1.15. The van der Waals surface area contributed by atoms with Crippen LogP contribution < -0.4 is 10.1 Å². The summed E-state index contributed by atoms with van der Waals surface area (Å²) >= 11 is 0. The lowest BCUT2D eigenvalue weighted by molar-refractivity contribution is -0.386. The van der Waals surface area contributed by atoms with E-state index in [1.54, 1.807) is 25.1 Å². The molecule has 1 amide bonds. The first-order chi connectivity index (χ1) is 17.6. The Bertz CT molecular complexity index is 1510. The molecular formula is C25H18F4N4O4. The molecule has 0 aliphatic carbocycles. The molecule has 0 fully saturated rings. The molecule has 4 aromatic rings. The number of nitro benzene ring substituents is 1. The van der Waals surface area contributed by atoms with Gasteiger partial charge >= 0.3 is 5.69 Å². The fraction of sp³-hybridized carbons (Fsp3) is 0.120. The minimum absolute atomic E-state index is 0.0334. The third-order valence-electron chi connectivity index (χ3n) is 5.31. The summed E-state index contributed by atoms with van der Waals surface area (Å²) in [5.74, 6) is -6.81. The van der Waals surface area contributed by atoms with E-state index in [1.807, 2.05) is 0 Å². The van der Waals surface area contributed by atoms with Crippen LogP contribution in [0.4, 0.5) is 28.9 Å². The average molecular weight is 514 g/mol. The van der Waals surface area contributed by atoms with Crippen LogP contribution in [0.5, 0.6) is 5.75 Å². The lowest BCUT2D eigenvalue weighted by atomic mass is 10.1. The van der Waals surface area contributed by atoms with Gasteiger partial charge in [0.1, 0.15) is 12.4 Å². The molecule has 12 heteroatoms. The maximum atomic E-state index is 13.9. The van der Waals surface area contributed by atoms with Gasteiger partial charge in [-0.25, -0.2) is 17.6 Å². The van der Waals surface area contributed by atoms with E-state index in [0.717, 1.165) is 4.68 Å². The fourth-order valence-corrected chi connectivity index (χ4v) is 3.48. The van der Waals surface area contributed by atoms with Crippen molar-refractivity contribution in [1.82, 2.24) is 9.78 Å². The van der Waals surface area contributed by atoms with Crippen molar-refractivity contribution in [2.75, 3.05) is 5.32 Å². The molecule has 4 rings (SSSR count). The molecule has 0 aliphatic heterocycles. The molecule has 0 atom stereocenters. The van der Waals surface area contributed by atoms with Crippen LogP contribution in [0.2, 0.25) is 0 Å². The first-order valence-corrected chi connectivity index (χ1v) is 10.7. The largest absolute Gasteiger partial charge is 0.482 e. The third-order valence-corrected chi connectivity index (χ3v) is 5.31. The molecule has 0 saturated heterocycles. The topological polar surface area (TPSA) is 99.3 Å². The van der Waals surface area contributed by atoms with Gasteiger partial charge in [-0.3, -0.25) is 19.6 Å². The normalized spacial score (nSPS) is 10.8. The van der Waals surface area contributed by atoms with E-state index in [-0.39, 0.29) is 35.4 Å². The molecule has 0 aliphatic rings. The van der Waals surface area contributed by atoms with Crippen LogP contribution >= 0.6 is 0 Å². The molecule has 37 heavy (non-hydrogen) atoms. The van der Waals surface area contributed by atoms with Crippen LogP contribution in [0.3, 0.4) is 0 Å². The van der Waals surface area contributed by atoms with Gasteiger partial charge in [-0.05, 0) is 36.2 Å². The number of anilines is 1. The van der Waals surface area contributed by atoms with Crippen molar-refractivity contribution < 1.29 is 32.0 Å². The zero-order valence-electron chi connectivity index (χ0n) is 19.2. The van der Waals surface area contributed by atoms with Gasteiger partial charge in [0.05, 0.1) is 23.4 Å². The molecule has 0 radical (unpaired) electrons. The quantitative estimate of drug-likeness (QED) is 0.110. The van der Waals surface area contributed by atoms with Crippen LogP contribution in [0.1, 0.15) is 27.0 Å². The van der Waals surface area contributed by atoms with E-state index in [2.05, 4.69) is 10.4 Å². The number of carbonyl (C=O) groups excluding carboxylic acids is 1. The first-order valence-electron chi connectivity index (χ1n) is 10.7. The SMILES string of the molecule is Cc1ccc(OCc2cccc(C(=O)Nc3cnn(Cc4c(F)cc(F)c(F)c4F)c3)c2)c([N+](=O)[O-])c1. The minimum atomic E-state index is -1.79. The van der Waals surface area contributed by atoms with E-state index in [9.17, 15) is 32.5 Å². The van der Waals surface area contributed by atoms with Crippen molar-refractivity contribution >= 4 is 17.3 Å². The van der Waals surface area contributed by atoms with Crippen molar-refractivity contribution in [3.05, 3.63) is 117 Å². The zero-order chi connectivity index (χ0) is 26.7. The number of amides is 1. The standard InChI is InChI=1S/C25H18F4N4O4/c1-14-5-6-22(21(7-14)33(35)36)37-13-15-3-2-4-16(8-15)25(34)31-17-10-30-32(11-17)12-18-19(26)9-20(27)24(29)23(18)28/h2-11H,12-13H2,1H3,(H,31,34). The summed E-state index contributed by atoms with van der Waals surface area (Å²) in [6.07, 6.45) is 2.48. The number of nitrogens with one attached hydrogen (secondary N) is 1. The number of nitro groups is 1. The summed E-state index contributed by atoms with van der Waals surface area (Å²) in [4.78, 5) is 23.4. The molecule has 3 aromatic carbocycles. The number of aromatic nitrogens is 2. The van der Waals surface area contributed by atoms with E-state index < -0.39 is 46.2 Å². The number of hydrogen-bond donors (Lipinski definition) is 1. The van der Waals surface area contributed by atoms with Gasteiger partial charge in [-0.2, -0.15) is 5.10 Å². The highest BCUT2D eigenvalue weighted by Crippen LogP contribution is 2.28. The molecular weight excluding hydrogens is 496 g/mol. The Labute approximate surface area is 207 Å². The average Bonchev–Trinajstić information content (AvgIpc) is 3.31. The number of halogens is 4. The van der Waals surface area contributed by atoms with Gasteiger partial charge in [0.25, 0.3) is 5.91 Å². The van der Waals surface area contributed by atoms with Gasteiger partial charge in [-0.1, -0.05) is 18.2 Å². The molecule has 0 unspecified atom stereocenters. The highest BCUT2D eigenvalue weighted by molar-refractivity contribution is 6.04. The second kappa shape index (κ2) is 10.5. The Morgan fingerprint density at radius 1 is 1.08 bits per heavy atom. The highest BCUT2D eigenvalue weighted by Gasteiger charge is 2.20. The first kappa shape index (κ1) is 25.4. The Morgan fingerprint density at radius 2 is 1.86 bits per heavy atom. The van der Waals surface area contributed by atoms with Crippen molar-refractivity contribution in [3.63, 3.8) is 0 Å². The van der Waals surface area contributed by atoms with Crippen molar-refractivity contribution in [2.45, 2.75) is 20.1 Å². The highest BCUT2D eigenvalue weighted by atomic mass is 19.2. The Hall–Kier alpha value is -4.74. The Morgan fingerprint density at radius 3 is 2.62 bits per heavy atom. The molecule has 0 saturated carbocycles. The summed E-state index contributed by atoms with van der Waals surface area (Å²) < 4.78 is 61.1. The van der Waals surface area contributed by atoms with Crippen molar-refractivity contribution in [1.29, 1.82) is 0 Å². The summed E-state index contributed by atoms with van der Waals surface area (Å²) in [5.41, 5.74) is 0.814. The number of aryl methyl sites for hydroxylation is 1. The monoisotopic (exact) mass is 514 g/mol. The minimum Gasteiger partial charge on any atom is -0.482 e. The van der Waals surface area contributed by atoms with Crippen LogP contribution in [-0.2, 0) is 13.2 Å². The molecule has 1 N–H and O–H groups in total. The maximum absolute atomic E-state index is 13.9. The predicted molar refractivity (Wildman–Crippen MR) is 124 cm³/mol. The molecule has 0 bridgehead atoms. The van der Waals surface area contributed by atoms with Crippen LogP contribution in [0.25, 0.3) is 0 Å². The predicted octanol–water partition coefficient (Wildman–Crippen LogP) is 5.54. The Balaban J connectivity index is 1.43. The summed E-state index contributed by atoms with van der Waals surface area (Å²) in [6, 6.07) is 11.2. The van der Waals surface area contributed by atoms with Crippen LogP contribution in [0.15, 0.2) is 60.9 Å². The van der Waals surface area contributed by atoms with Gasteiger partial charge in [-0.15, -0.1) is 0 Å². The lowest BCUT2D eigenvalue weighted by Crippen LogP contribution is -2.12. The molecule has 8 nitrogen and oxygen atoms in total. The van der Waals surface area contributed by atoms with Gasteiger partial charge in [0, 0.05) is 29.5 Å². The van der Waals surface area contributed by atoms with E-state index in [0.29, 0.717) is 11.1 Å². The number of benzene rings is 3.